The number of carbonyl (C=O) groups is 2. The molecular formula is C15H14F3N5O3. The van der Waals surface area contributed by atoms with Gasteiger partial charge >= 0.3 is 12.3 Å². The number of halogens is 3. The van der Waals surface area contributed by atoms with Crippen molar-refractivity contribution in [3.8, 4) is 5.82 Å². The highest BCUT2D eigenvalue weighted by atomic mass is 19.4. The van der Waals surface area contributed by atoms with Crippen molar-refractivity contribution in [2.24, 2.45) is 0 Å². The minimum atomic E-state index is -4.50. The summed E-state index contributed by atoms with van der Waals surface area (Å²) in [4.78, 5) is 32.3. The van der Waals surface area contributed by atoms with E-state index in [1.54, 1.807) is 0 Å². The molecule has 1 saturated heterocycles. The molecule has 0 bridgehead atoms. The summed E-state index contributed by atoms with van der Waals surface area (Å²) in [5.74, 6) is -0.441. The van der Waals surface area contributed by atoms with Crippen molar-refractivity contribution in [3.05, 3.63) is 42.1 Å². The lowest BCUT2D eigenvalue weighted by Crippen LogP contribution is -2.37. The van der Waals surface area contributed by atoms with Crippen molar-refractivity contribution < 1.29 is 27.9 Å². The standard InChI is InChI=1S/C15H14F3N5O3/c16-15(17,18)9-1-3-19-12(5-9)23-7-11(20-8-23)13(24)22-4-2-10(6-22)21-14(25)26/h1,3,5,7-8,10,21H,2,4,6H2,(H,25,26)/t10-/m0/s1. The third kappa shape index (κ3) is 3.76. The molecule has 0 aliphatic carbocycles. The zero-order chi connectivity index (χ0) is 18.9. The molecule has 11 heteroatoms. The Hall–Kier alpha value is -3.11. The Bertz CT molecular complexity index is 836. The molecule has 2 aromatic heterocycles. The molecule has 0 radical (unpaired) electrons. The van der Waals surface area contributed by atoms with Crippen LogP contribution in [0.4, 0.5) is 18.0 Å². The van der Waals surface area contributed by atoms with Gasteiger partial charge in [-0.3, -0.25) is 9.36 Å². The van der Waals surface area contributed by atoms with Gasteiger partial charge in [-0.1, -0.05) is 0 Å². The van der Waals surface area contributed by atoms with Crippen LogP contribution >= 0.6 is 0 Å². The molecular weight excluding hydrogens is 355 g/mol. The number of rotatable bonds is 3. The summed E-state index contributed by atoms with van der Waals surface area (Å²) in [6, 6.07) is 1.36. The lowest BCUT2D eigenvalue weighted by atomic mass is 10.2. The molecule has 1 aliphatic rings. The lowest BCUT2D eigenvalue weighted by molar-refractivity contribution is -0.137. The van der Waals surface area contributed by atoms with Gasteiger partial charge in [-0.25, -0.2) is 14.8 Å². The molecule has 0 saturated carbocycles. The molecule has 26 heavy (non-hydrogen) atoms. The van der Waals surface area contributed by atoms with Crippen molar-refractivity contribution in [3.63, 3.8) is 0 Å². The minimum absolute atomic E-state index is 0.0155. The second-order valence-corrected chi connectivity index (χ2v) is 5.75. The second kappa shape index (κ2) is 6.65. The molecule has 0 spiro atoms. The monoisotopic (exact) mass is 369 g/mol. The fourth-order valence-electron chi connectivity index (χ4n) is 2.69. The van der Waals surface area contributed by atoms with E-state index in [1.165, 1.54) is 22.0 Å². The summed E-state index contributed by atoms with van der Waals surface area (Å²) < 4.78 is 39.6. The number of likely N-dealkylation sites (tertiary alicyclic amines) is 1. The number of carbonyl (C=O) groups excluding carboxylic acids is 1. The number of aromatic nitrogens is 3. The van der Waals surface area contributed by atoms with Crippen LogP contribution in [0.5, 0.6) is 0 Å². The molecule has 138 valence electrons. The maximum Gasteiger partial charge on any atom is 0.416 e. The first-order valence-electron chi connectivity index (χ1n) is 7.60. The molecule has 1 atom stereocenters. The number of alkyl halides is 3. The van der Waals surface area contributed by atoms with E-state index >= 15 is 0 Å². The van der Waals surface area contributed by atoms with E-state index in [1.807, 2.05) is 0 Å². The molecule has 1 fully saturated rings. The quantitative estimate of drug-likeness (QED) is 0.859. The molecule has 0 unspecified atom stereocenters. The van der Waals surface area contributed by atoms with Crippen LogP contribution in [-0.4, -0.2) is 55.7 Å². The van der Waals surface area contributed by atoms with Gasteiger partial charge in [0.1, 0.15) is 17.8 Å². The van der Waals surface area contributed by atoms with Crippen LogP contribution in [0.2, 0.25) is 0 Å². The summed E-state index contributed by atoms with van der Waals surface area (Å²) in [6.07, 6.45) is -1.65. The normalized spacial score (nSPS) is 17.3. The van der Waals surface area contributed by atoms with E-state index in [-0.39, 0.29) is 24.1 Å². The van der Waals surface area contributed by atoms with Gasteiger partial charge in [-0.15, -0.1) is 0 Å². The van der Waals surface area contributed by atoms with Crippen molar-refractivity contribution in [1.82, 2.24) is 24.8 Å². The van der Waals surface area contributed by atoms with E-state index in [9.17, 15) is 22.8 Å². The number of imidazole rings is 1. The third-order valence-corrected chi connectivity index (χ3v) is 3.94. The largest absolute Gasteiger partial charge is 0.465 e. The maximum atomic E-state index is 12.8. The van der Waals surface area contributed by atoms with Crippen LogP contribution in [0.15, 0.2) is 30.9 Å². The van der Waals surface area contributed by atoms with Gasteiger partial charge in [-0.2, -0.15) is 13.2 Å². The van der Waals surface area contributed by atoms with Crippen LogP contribution in [0.1, 0.15) is 22.5 Å². The molecule has 3 heterocycles. The number of nitrogens with one attached hydrogen (secondary N) is 1. The van der Waals surface area contributed by atoms with Gasteiger partial charge in [0.05, 0.1) is 11.6 Å². The second-order valence-electron chi connectivity index (χ2n) is 5.75. The highest BCUT2D eigenvalue weighted by Crippen LogP contribution is 2.29. The number of hydrogen-bond acceptors (Lipinski definition) is 4. The highest BCUT2D eigenvalue weighted by molar-refractivity contribution is 5.92. The first-order chi connectivity index (χ1) is 12.2. The minimum Gasteiger partial charge on any atom is -0.465 e. The van der Waals surface area contributed by atoms with Crippen LogP contribution in [-0.2, 0) is 6.18 Å². The topological polar surface area (TPSA) is 100 Å². The molecule has 2 amide bonds. The van der Waals surface area contributed by atoms with E-state index in [0.29, 0.717) is 13.0 Å². The van der Waals surface area contributed by atoms with Crippen LogP contribution in [0, 0.1) is 0 Å². The van der Waals surface area contributed by atoms with Gasteiger partial charge in [0, 0.05) is 25.5 Å². The third-order valence-electron chi connectivity index (χ3n) is 3.94. The molecule has 8 nitrogen and oxygen atoms in total. The van der Waals surface area contributed by atoms with E-state index in [4.69, 9.17) is 5.11 Å². The van der Waals surface area contributed by atoms with E-state index < -0.39 is 23.7 Å². The fourth-order valence-corrected chi connectivity index (χ4v) is 2.69. The summed E-state index contributed by atoms with van der Waals surface area (Å²) >= 11 is 0. The molecule has 0 aromatic carbocycles. The zero-order valence-corrected chi connectivity index (χ0v) is 13.3. The number of carboxylic acid groups (broad SMARTS) is 1. The lowest BCUT2D eigenvalue weighted by Gasteiger charge is -2.15. The van der Waals surface area contributed by atoms with Gasteiger partial charge < -0.3 is 15.3 Å². The predicted octanol–water partition coefficient (Wildman–Crippen LogP) is 1.77. The average molecular weight is 369 g/mol. The van der Waals surface area contributed by atoms with E-state index in [0.717, 1.165) is 18.3 Å². The Morgan fingerprint density at radius 3 is 2.77 bits per heavy atom. The summed E-state index contributed by atoms with van der Waals surface area (Å²) in [5.41, 5.74) is -0.814. The zero-order valence-electron chi connectivity index (χ0n) is 13.3. The van der Waals surface area contributed by atoms with Crippen LogP contribution < -0.4 is 5.32 Å². The van der Waals surface area contributed by atoms with Crippen molar-refractivity contribution in [2.45, 2.75) is 18.6 Å². The Labute approximate surface area is 145 Å². The SMILES string of the molecule is O=C(O)N[C@H]1CCN(C(=O)c2cn(-c3cc(C(F)(F)F)ccn3)cn2)C1. The summed E-state index contributed by atoms with van der Waals surface area (Å²) in [7, 11) is 0. The highest BCUT2D eigenvalue weighted by Gasteiger charge is 2.31. The van der Waals surface area contributed by atoms with Crippen molar-refractivity contribution in [2.75, 3.05) is 13.1 Å². The average Bonchev–Trinajstić information content (AvgIpc) is 3.22. The molecule has 1 aliphatic heterocycles. The number of pyridine rings is 1. The van der Waals surface area contributed by atoms with Crippen LogP contribution in [0.25, 0.3) is 5.82 Å². The Balaban J connectivity index is 1.74. The molecule has 3 rings (SSSR count). The maximum absolute atomic E-state index is 12.8. The van der Waals surface area contributed by atoms with Gasteiger partial charge in [0.2, 0.25) is 0 Å². The Kier molecular flexibility index (Phi) is 4.53. The Morgan fingerprint density at radius 2 is 2.08 bits per heavy atom. The first kappa shape index (κ1) is 17.7. The first-order valence-corrected chi connectivity index (χ1v) is 7.60. The van der Waals surface area contributed by atoms with Crippen molar-refractivity contribution >= 4 is 12.0 Å². The molecule has 2 N–H and O–H groups in total. The summed E-state index contributed by atoms with van der Waals surface area (Å²) in [6.45, 7) is 0.568. The summed E-state index contributed by atoms with van der Waals surface area (Å²) in [5, 5.41) is 11.0. The number of amides is 2. The van der Waals surface area contributed by atoms with Crippen LogP contribution in [0.3, 0.4) is 0 Å². The number of hydrogen-bond donors (Lipinski definition) is 2. The van der Waals surface area contributed by atoms with E-state index in [2.05, 4.69) is 15.3 Å². The smallest absolute Gasteiger partial charge is 0.416 e. The molecule has 2 aromatic rings. The van der Waals surface area contributed by atoms with Gasteiger partial charge in [0.25, 0.3) is 5.91 Å². The Morgan fingerprint density at radius 1 is 1.31 bits per heavy atom. The van der Waals surface area contributed by atoms with Gasteiger partial charge in [-0.05, 0) is 18.6 Å². The fraction of sp³-hybridized carbons (Fsp3) is 0.333. The van der Waals surface area contributed by atoms with Gasteiger partial charge in [0.15, 0.2) is 0 Å². The predicted molar refractivity (Wildman–Crippen MR) is 81.8 cm³/mol. The number of nitrogens with zero attached hydrogens (tertiary/aromatic N) is 4. The van der Waals surface area contributed by atoms with Crippen molar-refractivity contribution in [1.29, 1.82) is 0 Å².